The van der Waals surface area contributed by atoms with Gasteiger partial charge in [0, 0.05) is 11.1 Å². The minimum absolute atomic E-state index is 0.0199. The average molecular weight is 256 g/mol. The molecular weight excluding hydrogens is 238 g/mol. The molecular formula is C13H18ClNO2. The highest BCUT2D eigenvalue weighted by atomic mass is 35.5. The van der Waals surface area contributed by atoms with Gasteiger partial charge in [0.15, 0.2) is 0 Å². The second-order valence-corrected chi connectivity index (χ2v) is 4.70. The van der Waals surface area contributed by atoms with Crippen molar-refractivity contribution in [1.82, 2.24) is 0 Å². The van der Waals surface area contributed by atoms with E-state index in [1.165, 1.54) is 0 Å². The Morgan fingerprint density at radius 3 is 2.47 bits per heavy atom. The molecule has 1 aromatic rings. The zero-order valence-electron chi connectivity index (χ0n) is 9.90. The fourth-order valence-corrected chi connectivity index (χ4v) is 2.02. The lowest BCUT2D eigenvalue weighted by molar-refractivity contribution is -0.137. The first-order valence-electron chi connectivity index (χ1n) is 5.74. The van der Waals surface area contributed by atoms with E-state index >= 15 is 0 Å². The van der Waals surface area contributed by atoms with Crippen molar-refractivity contribution in [1.29, 1.82) is 0 Å². The zero-order chi connectivity index (χ0) is 12.8. The van der Waals surface area contributed by atoms with Gasteiger partial charge in [0.05, 0.1) is 6.42 Å². The van der Waals surface area contributed by atoms with Crippen molar-refractivity contribution in [2.75, 3.05) is 0 Å². The number of carboxylic acids is 1. The van der Waals surface area contributed by atoms with E-state index in [-0.39, 0.29) is 18.4 Å². The molecule has 0 radical (unpaired) electrons. The number of aliphatic carboxylic acids is 1. The summed E-state index contributed by atoms with van der Waals surface area (Å²) < 4.78 is 0. The summed E-state index contributed by atoms with van der Waals surface area (Å²) in [6, 6.07) is 7.29. The van der Waals surface area contributed by atoms with Gasteiger partial charge in [0.1, 0.15) is 0 Å². The molecule has 1 rings (SSSR count). The summed E-state index contributed by atoms with van der Waals surface area (Å²) in [6.07, 6.45) is 1.69. The molecule has 0 aromatic heterocycles. The van der Waals surface area contributed by atoms with Gasteiger partial charge in [-0.15, -0.1) is 0 Å². The Balaban J connectivity index is 2.62. The number of halogens is 1. The van der Waals surface area contributed by atoms with Crippen molar-refractivity contribution in [2.45, 2.75) is 32.2 Å². The highest BCUT2D eigenvalue weighted by Crippen LogP contribution is 2.18. The van der Waals surface area contributed by atoms with Gasteiger partial charge in [0.2, 0.25) is 0 Å². The Morgan fingerprint density at radius 1 is 1.41 bits per heavy atom. The summed E-state index contributed by atoms with van der Waals surface area (Å²) in [5, 5.41) is 9.44. The third-order valence-electron chi connectivity index (χ3n) is 2.95. The van der Waals surface area contributed by atoms with E-state index in [9.17, 15) is 4.79 Å². The van der Waals surface area contributed by atoms with E-state index in [0.29, 0.717) is 5.02 Å². The number of nitrogens with two attached hydrogens (primary N) is 1. The van der Waals surface area contributed by atoms with E-state index in [1.54, 1.807) is 0 Å². The van der Waals surface area contributed by atoms with E-state index < -0.39 is 5.97 Å². The number of benzene rings is 1. The minimum atomic E-state index is -0.841. The second-order valence-electron chi connectivity index (χ2n) is 4.26. The van der Waals surface area contributed by atoms with Crippen LogP contribution < -0.4 is 5.73 Å². The van der Waals surface area contributed by atoms with Crippen molar-refractivity contribution >= 4 is 17.6 Å². The molecule has 2 atom stereocenters. The molecule has 94 valence electrons. The van der Waals surface area contributed by atoms with Gasteiger partial charge in [-0.3, -0.25) is 4.79 Å². The molecule has 0 amide bonds. The smallest absolute Gasteiger partial charge is 0.304 e. The van der Waals surface area contributed by atoms with Crippen LogP contribution in [0.3, 0.4) is 0 Å². The van der Waals surface area contributed by atoms with Crippen LogP contribution in [0.15, 0.2) is 24.3 Å². The Bertz CT molecular complexity index is 364. The van der Waals surface area contributed by atoms with Crippen molar-refractivity contribution in [3.63, 3.8) is 0 Å². The van der Waals surface area contributed by atoms with Gasteiger partial charge in [-0.25, -0.2) is 0 Å². The summed E-state index contributed by atoms with van der Waals surface area (Å²) in [7, 11) is 0. The summed E-state index contributed by atoms with van der Waals surface area (Å²) in [6.45, 7) is 2.03. The molecule has 0 aliphatic carbocycles. The third kappa shape index (κ3) is 4.75. The van der Waals surface area contributed by atoms with Crippen LogP contribution in [0, 0.1) is 5.92 Å². The Morgan fingerprint density at radius 2 is 2.00 bits per heavy atom. The number of rotatable bonds is 6. The summed E-state index contributed by atoms with van der Waals surface area (Å²) in [4.78, 5) is 10.6. The molecule has 2 unspecified atom stereocenters. The second kappa shape index (κ2) is 6.62. The number of hydrogen-bond acceptors (Lipinski definition) is 2. The van der Waals surface area contributed by atoms with Crippen LogP contribution in [0.4, 0.5) is 0 Å². The molecule has 17 heavy (non-hydrogen) atoms. The van der Waals surface area contributed by atoms with Gasteiger partial charge in [-0.2, -0.15) is 0 Å². The standard InChI is InChI=1S/C13H18ClNO2/c1-2-10(12(15)8-13(16)17)7-9-3-5-11(14)6-4-9/h3-6,10,12H,2,7-8,15H2,1H3,(H,16,17). The SMILES string of the molecule is CCC(Cc1ccc(Cl)cc1)C(N)CC(=O)O. The van der Waals surface area contributed by atoms with E-state index in [1.807, 2.05) is 31.2 Å². The van der Waals surface area contributed by atoms with Gasteiger partial charge >= 0.3 is 5.97 Å². The molecule has 0 spiro atoms. The molecule has 1 aromatic carbocycles. The number of carbonyl (C=O) groups is 1. The third-order valence-corrected chi connectivity index (χ3v) is 3.20. The zero-order valence-corrected chi connectivity index (χ0v) is 10.7. The lowest BCUT2D eigenvalue weighted by Crippen LogP contribution is -2.33. The topological polar surface area (TPSA) is 63.3 Å². The van der Waals surface area contributed by atoms with Crippen molar-refractivity contribution < 1.29 is 9.90 Å². The van der Waals surface area contributed by atoms with E-state index in [4.69, 9.17) is 22.4 Å². The van der Waals surface area contributed by atoms with Crippen LogP contribution in [0.2, 0.25) is 5.02 Å². The average Bonchev–Trinajstić information content (AvgIpc) is 2.27. The number of carboxylic acid groups (broad SMARTS) is 1. The molecule has 0 bridgehead atoms. The highest BCUT2D eigenvalue weighted by molar-refractivity contribution is 6.30. The fourth-order valence-electron chi connectivity index (χ4n) is 1.89. The quantitative estimate of drug-likeness (QED) is 0.822. The summed E-state index contributed by atoms with van der Waals surface area (Å²) in [5.74, 6) is -0.653. The molecule has 0 aliphatic rings. The first-order valence-corrected chi connectivity index (χ1v) is 6.12. The van der Waals surface area contributed by atoms with Crippen molar-refractivity contribution in [3.8, 4) is 0 Å². The van der Waals surface area contributed by atoms with E-state index in [2.05, 4.69) is 0 Å². The summed E-state index contributed by atoms with van der Waals surface area (Å²) in [5.41, 5.74) is 7.04. The maximum absolute atomic E-state index is 10.6. The van der Waals surface area contributed by atoms with Crippen molar-refractivity contribution in [2.24, 2.45) is 11.7 Å². The Labute approximate surface area is 107 Å². The molecule has 4 heteroatoms. The molecule has 3 nitrogen and oxygen atoms in total. The molecule has 3 N–H and O–H groups in total. The van der Waals surface area contributed by atoms with Crippen LogP contribution in [0.5, 0.6) is 0 Å². The summed E-state index contributed by atoms with van der Waals surface area (Å²) >= 11 is 5.81. The largest absolute Gasteiger partial charge is 0.481 e. The molecule has 0 aliphatic heterocycles. The highest BCUT2D eigenvalue weighted by Gasteiger charge is 2.19. The van der Waals surface area contributed by atoms with Crippen LogP contribution in [-0.2, 0) is 11.2 Å². The Hall–Kier alpha value is -1.06. The van der Waals surface area contributed by atoms with Crippen LogP contribution in [-0.4, -0.2) is 17.1 Å². The first-order chi connectivity index (χ1) is 8.02. The fraction of sp³-hybridized carbons (Fsp3) is 0.462. The predicted molar refractivity (Wildman–Crippen MR) is 69.2 cm³/mol. The van der Waals surface area contributed by atoms with Gasteiger partial charge in [0.25, 0.3) is 0 Å². The molecule has 0 saturated carbocycles. The van der Waals surface area contributed by atoms with Crippen LogP contribution >= 0.6 is 11.6 Å². The lowest BCUT2D eigenvalue weighted by atomic mass is 9.89. The van der Waals surface area contributed by atoms with Gasteiger partial charge in [-0.05, 0) is 30.0 Å². The van der Waals surface area contributed by atoms with Crippen LogP contribution in [0.25, 0.3) is 0 Å². The predicted octanol–water partition coefficient (Wildman–Crippen LogP) is 2.71. The Kier molecular flexibility index (Phi) is 5.45. The molecule has 0 saturated heterocycles. The normalized spacial score (nSPS) is 14.3. The molecule has 0 heterocycles. The van der Waals surface area contributed by atoms with Crippen molar-refractivity contribution in [3.05, 3.63) is 34.9 Å². The number of hydrogen-bond donors (Lipinski definition) is 2. The van der Waals surface area contributed by atoms with Gasteiger partial charge < -0.3 is 10.8 Å². The van der Waals surface area contributed by atoms with E-state index in [0.717, 1.165) is 18.4 Å². The maximum Gasteiger partial charge on any atom is 0.304 e. The molecule has 0 fully saturated rings. The van der Waals surface area contributed by atoms with Crippen LogP contribution in [0.1, 0.15) is 25.3 Å². The monoisotopic (exact) mass is 255 g/mol. The maximum atomic E-state index is 10.6. The lowest BCUT2D eigenvalue weighted by Gasteiger charge is -2.21. The first kappa shape index (κ1) is 14.0. The minimum Gasteiger partial charge on any atom is -0.481 e. The van der Waals surface area contributed by atoms with Gasteiger partial charge in [-0.1, -0.05) is 37.1 Å².